The van der Waals surface area contributed by atoms with Crippen LogP contribution in [0.25, 0.3) is 10.4 Å². The van der Waals surface area contributed by atoms with Crippen LogP contribution in [0.1, 0.15) is 37.8 Å². The zero-order valence-electron chi connectivity index (χ0n) is 11.4. The van der Waals surface area contributed by atoms with E-state index < -0.39 is 5.60 Å². The lowest BCUT2D eigenvalue weighted by Crippen LogP contribution is -2.23. The normalized spacial score (nSPS) is 11.8. The van der Waals surface area contributed by atoms with E-state index in [4.69, 9.17) is 5.73 Å². The summed E-state index contributed by atoms with van der Waals surface area (Å²) in [6.07, 6.45) is 1.42. The molecule has 0 unspecified atom stereocenters. The smallest absolute Gasteiger partial charge is 0.0891 e. The summed E-state index contributed by atoms with van der Waals surface area (Å²) < 4.78 is 0. The van der Waals surface area contributed by atoms with Gasteiger partial charge < -0.3 is 10.8 Å². The van der Waals surface area contributed by atoms with E-state index in [1.165, 1.54) is 4.88 Å². The van der Waals surface area contributed by atoms with Crippen LogP contribution in [0.5, 0.6) is 0 Å². The van der Waals surface area contributed by atoms with Crippen LogP contribution in [0.15, 0.2) is 30.3 Å². The molecule has 101 valence electrons. The molecule has 3 heteroatoms. The highest BCUT2D eigenvalue weighted by molar-refractivity contribution is 7.13. The third-order valence-corrected chi connectivity index (χ3v) is 4.60. The molecule has 1 aromatic carbocycles. The second kappa shape index (κ2) is 5.87. The number of rotatable bonds is 5. The fourth-order valence-corrected chi connectivity index (χ4v) is 3.04. The third-order valence-electron chi connectivity index (χ3n) is 3.77. The van der Waals surface area contributed by atoms with Crippen LogP contribution in [0.3, 0.4) is 0 Å². The maximum absolute atomic E-state index is 10.6. The fourth-order valence-electron chi connectivity index (χ4n) is 2.34. The van der Waals surface area contributed by atoms with Gasteiger partial charge in [0.1, 0.15) is 0 Å². The summed E-state index contributed by atoms with van der Waals surface area (Å²) in [6.45, 7) is 4.49. The maximum atomic E-state index is 10.6. The van der Waals surface area contributed by atoms with E-state index in [0.29, 0.717) is 19.4 Å². The van der Waals surface area contributed by atoms with Gasteiger partial charge in [-0.15, -0.1) is 11.3 Å². The highest BCUT2D eigenvalue weighted by Gasteiger charge is 2.25. The summed E-state index contributed by atoms with van der Waals surface area (Å²) in [6, 6.07) is 10.1. The molecule has 2 nitrogen and oxygen atoms in total. The van der Waals surface area contributed by atoms with Crippen molar-refractivity contribution in [3.63, 3.8) is 0 Å². The minimum atomic E-state index is -0.746. The SMILES string of the molecule is CCC(O)(CC)c1ccc(-c2cc[c]s2)c(CN)c1. The van der Waals surface area contributed by atoms with Gasteiger partial charge in [-0.1, -0.05) is 32.0 Å². The molecule has 0 fully saturated rings. The van der Waals surface area contributed by atoms with E-state index in [-0.39, 0.29) is 0 Å². The number of hydrogen-bond donors (Lipinski definition) is 2. The Bertz CT molecular complexity index is 530. The van der Waals surface area contributed by atoms with Crippen LogP contribution in [0.2, 0.25) is 0 Å². The molecule has 0 aliphatic carbocycles. The topological polar surface area (TPSA) is 46.2 Å². The summed E-state index contributed by atoms with van der Waals surface area (Å²) in [5.74, 6) is 0. The molecule has 0 aliphatic heterocycles. The second-order valence-electron chi connectivity index (χ2n) is 4.73. The van der Waals surface area contributed by atoms with E-state index in [1.807, 2.05) is 38.1 Å². The van der Waals surface area contributed by atoms with E-state index in [1.54, 1.807) is 11.3 Å². The molecule has 2 aromatic rings. The number of thiophene rings is 1. The molecule has 0 bridgehead atoms. The first kappa shape index (κ1) is 14.3. The van der Waals surface area contributed by atoms with Gasteiger partial charge in [0.15, 0.2) is 0 Å². The Morgan fingerprint density at radius 3 is 2.53 bits per heavy atom. The highest BCUT2D eigenvalue weighted by atomic mass is 32.1. The predicted octanol–water partition coefficient (Wildman–Crippen LogP) is 3.68. The molecule has 0 amide bonds. The Morgan fingerprint density at radius 1 is 1.26 bits per heavy atom. The molecule has 2 rings (SSSR count). The first-order chi connectivity index (χ1) is 9.14. The lowest BCUT2D eigenvalue weighted by Gasteiger charge is -2.26. The van der Waals surface area contributed by atoms with Crippen molar-refractivity contribution in [2.75, 3.05) is 0 Å². The first-order valence-corrected chi connectivity index (χ1v) is 7.48. The van der Waals surface area contributed by atoms with Crippen LogP contribution in [-0.2, 0) is 12.1 Å². The molecule has 0 saturated carbocycles. The summed E-state index contributed by atoms with van der Waals surface area (Å²) in [7, 11) is 0. The molecule has 3 N–H and O–H groups in total. The van der Waals surface area contributed by atoms with Crippen molar-refractivity contribution in [2.45, 2.75) is 38.8 Å². The number of hydrogen-bond acceptors (Lipinski definition) is 3. The van der Waals surface area contributed by atoms with Crippen molar-refractivity contribution in [3.05, 3.63) is 46.8 Å². The van der Waals surface area contributed by atoms with Gasteiger partial charge in [0.2, 0.25) is 0 Å². The van der Waals surface area contributed by atoms with Crippen molar-refractivity contribution in [1.29, 1.82) is 0 Å². The third kappa shape index (κ3) is 2.73. The maximum Gasteiger partial charge on any atom is 0.0891 e. The van der Waals surface area contributed by atoms with E-state index in [9.17, 15) is 5.11 Å². The standard InChI is InChI=1S/C16H20NOS/c1-3-16(18,4-2)13-7-8-14(12(10-13)11-17)15-6-5-9-19-15/h5-8,10,18H,3-4,11,17H2,1-2H3. The molecule has 19 heavy (non-hydrogen) atoms. The average molecular weight is 274 g/mol. The summed E-state index contributed by atoms with van der Waals surface area (Å²) in [5, 5.41) is 13.7. The number of benzene rings is 1. The lowest BCUT2D eigenvalue weighted by atomic mass is 9.86. The molecule has 1 heterocycles. The largest absolute Gasteiger partial charge is 0.385 e. The lowest BCUT2D eigenvalue weighted by molar-refractivity contribution is 0.0283. The minimum absolute atomic E-state index is 0.477. The Kier molecular flexibility index (Phi) is 4.40. The monoisotopic (exact) mass is 274 g/mol. The van der Waals surface area contributed by atoms with Crippen molar-refractivity contribution in [3.8, 4) is 10.4 Å². The van der Waals surface area contributed by atoms with Gasteiger partial charge >= 0.3 is 0 Å². The zero-order valence-corrected chi connectivity index (χ0v) is 12.3. The van der Waals surface area contributed by atoms with E-state index in [2.05, 4.69) is 11.4 Å². The van der Waals surface area contributed by atoms with Gasteiger partial charge in [-0.3, -0.25) is 0 Å². The van der Waals surface area contributed by atoms with Crippen molar-refractivity contribution >= 4 is 11.3 Å². The quantitative estimate of drug-likeness (QED) is 0.873. The Morgan fingerprint density at radius 2 is 2.00 bits per heavy atom. The Balaban J connectivity index is 2.47. The number of nitrogens with two attached hydrogens (primary N) is 1. The first-order valence-electron chi connectivity index (χ1n) is 6.66. The van der Waals surface area contributed by atoms with Crippen molar-refractivity contribution in [1.82, 2.24) is 0 Å². The molecule has 1 aromatic heterocycles. The highest BCUT2D eigenvalue weighted by Crippen LogP contribution is 2.34. The van der Waals surface area contributed by atoms with Gasteiger partial charge in [0.05, 0.1) is 5.60 Å². The summed E-state index contributed by atoms with van der Waals surface area (Å²) in [4.78, 5) is 1.17. The molecule has 1 radical (unpaired) electrons. The van der Waals surface area contributed by atoms with Gasteiger partial charge in [-0.2, -0.15) is 0 Å². The van der Waals surface area contributed by atoms with Crippen molar-refractivity contribution < 1.29 is 5.11 Å². The Hall–Kier alpha value is -1.16. The number of aliphatic hydroxyl groups is 1. The van der Waals surface area contributed by atoms with Gasteiger partial charge in [-0.05, 0) is 41.7 Å². The molecule has 0 aliphatic rings. The molecule has 0 atom stereocenters. The van der Waals surface area contributed by atoms with Crippen LogP contribution in [0, 0.1) is 5.38 Å². The molecular weight excluding hydrogens is 254 g/mol. The van der Waals surface area contributed by atoms with Gasteiger partial charge in [0.25, 0.3) is 0 Å². The van der Waals surface area contributed by atoms with Crippen LogP contribution < -0.4 is 5.73 Å². The van der Waals surface area contributed by atoms with E-state index in [0.717, 1.165) is 16.7 Å². The fraction of sp³-hybridized carbons (Fsp3) is 0.375. The average Bonchev–Trinajstić information content (AvgIpc) is 2.99. The van der Waals surface area contributed by atoms with Gasteiger partial charge in [0, 0.05) is 16.8 Å². The van der Waals surface area contributed by atoms with Crippen LogP contribution >= 0.6 is 11.3 Å². The van der Waals surface area contributed by atoms with Crippen LogP contribution in [0.4, 0.5) is 0 Å². The Labute approximate surface area is 118 Å². The zero-order chi connectivity index (χ0) is 13.9. The van der Waals surface area contributed by atoms with Crippen LogP contribution in [-0.4, -0.2) is 5.11 Å². The molecule has 0 saturated heterocycles. The summed E-state index contributed by atoms with van der Waals surface area (Å²) in [5.41, 5.74) is 8.30. The molecular formula is C16H20NOS. The minimum Gasteiger partial charge on any atom is -0.385 e. The van der Waals surface area contributed by atoms with Crippen molar-refractivity contribution in [2.24, 2.45) is 5.73 Å². The summed E-state index contributed by atoms with van der Waals surface area (Å²) >= 11 is 1.59. The second-order valence-corrected chi connectivity index (χ2v) is 5.61. The predicted molar refractivity (Wildman–Crippen MR) is 81.0 cm³/mol. The molecule has 0 spiro atoms. The van der Waals surface area contributed by atoms with Gasteiger partial charge in [-0.25, -0.2) is 0 Å². The van der Waals surface area contributed by atoms with E-state index >= 15 is 0 Å².